The van der Waals surface area contributed by atoms with Crippen molar-refractivity contribution in [2.75, 3.05) is 13.7 Å². The third-order valence-electron chi connectivity index (χ3n) is 3.35. The third kappa shape index (κ3) is 2.25. The van der Waals surface area contributed by atoms with Gasteiger partial charge in [-0.15, -0.1) is 0 Å². The van der Waals surface area contributed by atoms with Gasteiger partial charge in [0.2, 0.25) is 11.8 Å². The summed E-state index contributed by atoms with van der Waals surface area (Å²) in [5.41, 5.74) is 2.27. The minimum atomic E-state index is 0.141. The number of pyridine rings is 1. The van der Waals surface area contributed by atoms with E-state index in [-0.39, 0.29) is 11.9 Å². The zero-order valence-electron chi connectivity index (χ0n) is 10.6. The number of ether oxygens (including phenoxy) is 1. The number of amides is 1. The molecule has 1 aromatic rings. The molecule has 92 valence electrons. The summed E-state index contributed by atoms with van der Waals surface area (Å²) >= 11 is 0. The van der Waals surface area contributed by atoms with Crippen LogP contribution < -0.4 is 4.74 Å². The Balaban J connectivity index is 2.30. The van der Waals surface area contributed by atoms with Crippen molar-refractivity contribution >= 4 is 5.91 Å². The molecule has 1 aromatic heterocycles. The van der Waals surface area contributed by atoms with Crippen LogP contribution in [0.2, 0.25) is 0 Å². The van der Waals surface area contributed by atoms with Crippen molar-refractivity contribution in [3.05, 3.63) is 23.4 Å². The van der Waals surface area contributed by atoms with Gasteiger partial charge in [-0.1, -0.05) is 0 Å². The number of hydrogen-bond acceptors (Lipinski definition) is 3. The van der Waals surface area contributed by atoms with E-state index in [9.17, 15) is 4.79 Å². The van der Waals surface area contributed by atoms with Crippen molar-refractivity contribution in [2.24, 2.45) is 0 Å². The Kier molecular flexibility index (Phi) is 3.31. The van der Waals surface area contributed by atoms with Crippen molar-refractivity contribution in [2.45, 2.75) is 32.7 Å². The smallest absolute Gasteiger partial charge is 0.219 e. The van der Waals surface area contributed by atoms with Crippen LogP contribution in [0.4, 0.5) is 0 Å². The highest BCUT2D eigenvalue weighted by Gasteiger charge is 2.29. The Labute approximate surface area is 102 Å². The first-order chi connectivity index (χ1) is 8.13. The van der Waals surface area contributed by atoms with Crippen LogP contribution in [0.3, 0.4) is 0 Å². The van der Waals surface area contributed by atoms with Crippen LogP contribution in [0.5, 0.6) is 5.88 Å². The minimum absolute atomic E-state index is 0.141. The average molecular weight is 234 g/mol. The number of aromatic nitrogens is 1. The maximum atomic E-state index is 11.5. The monoisotopic (exact) mass is 234 g/mol. The molecule has 0 bridgehead atoms. The number of methoxy groups -OCH3 is 1. The molecule has 2 rings (SSSR count). The van der Waals surface area contributed by atoms with Gasteiger partial charge in [0.15, 0.2) is 0 Å². The molecule has 4 nitrogen and oxygen atoms in total. The summed E-state index contributed by atoms with van der Waals surface area (Å²) in [5, 5.41) is 0. The summed E-state index contributed by atoms with van der Waals surface area (Å²) in [5.74, 6) is 0.765. The lowest BCUT2D eigenvalue weighted by Crippen LogP contribution is -2.28. The Morgan fingerprint density at radius 2 is 2.35 bits per heavy atom. The zero-order chi connectivity index (χ0) is 12.4. The average Bonchev–Trinajstić information content (AvgIpc) is 2.77. The summed E-state index contributed by atoms with van der Waals surface area (Å²) in [6, 6.07) is 2.11. The molecule has 0 saturated carbocycles. The van der Waals surface area contributed by atoms with E-state index >= 15 is 0 Å². The van der Waals surface area contributed by atoms with Crippen molar-refractivity contribution in [1.29, 1.82) is 0 Å². The topological polar surface area (TPSA) is 42.4 Å². The Morgan fingerprint density at radius 3 is 2.94 bits per heavy atom. The van der Waals surface area contributed by atoms with Gasteiger partial charge in [0.25, 0.3) is 0 Å². The summed E-state index contributed by atoms with van der Waals surface area (Å²) < 4.78 is 5.10. The largest absolute Gasteiger partial charge is 0.481 e. The molecular weight excluding hydrogens is 216 g/mol. The standard InChI is InChI=1S/C13H18N2O2/c1-9-7-13(17-3)14-8-11(9)12-5-4-6-15(12)10(2)16/h7-8,12H,4-6H2,1-3H3. The Morgan fingerprint density at radius 1 is 1.59 bits per heavy atom. The first kappa shape index (κ1) is 11.9. The van der Waals surface area contributed by atoms with Gasteiger partial charge in [-0.3, -0.25) is 4.79 Å². The van der Waals surface area contributed by atoms with Gasteiger partial charge >= 0.3 is 0 Å². The third-order valence-corrected chi connectivity index (χ3v) is 3.35. The highest BCUT2D eigenvalue weighted by Crippen LogP contribution is 2.33. The summed E-state index contributed by atoms with van der Waals surface area (Å²) in [6.45, 7) is 4.52. The van der Waals surface area contributed by atoms with Crippen LogP contribution in [0.25, 0.3) is 0 Å². The van der Waals surface area contributed by atoms with E-state index in [1.165, 1.54) is 0 Å². The fourth-order valence-electron chi connectivity index (χ4n) is 2.47. The number of aryl methyl sites for hydroxylation is 1. The SMILES string of the molecule is COc1cc(C)c(C2CCCN2C(C)=O)cn1. The Bertz CT molecular complexity index is 431. The normalized spacial score (nSPS) is 19.5. The van der Waals surface area contributed by atoms with E-state index in [0.717, 1.165) is 30.5 Å². The molecule has 0 aromatic carbocycles. The molecule has 1 aliphatic heterocycles. The number of rotatable bonds is 2. The maximum Gasteiger partial charge on any atom is 0.219 e. The van der Waals surface area contributed by atoms with Crippen LogP contribution in [-0.2, 0) is 4.79 Å². The lowest BCUT2D eigenvalue weighted by molar-refractivity contribution is -0.129. The molecule has 0 radical (unpaired) electrons. The van der Waals surface area contributed by atoms with Crippen LogP contribution in [-0.4, -0.2) is 29.4 Å². The minimum Gasteiger partial charge on any atom is -0.481 e. The first-order valence-electron chi connectivity index (χ1n) is 5.91. The van der Waals surface area contributed by atoms with Crippen LogP contribution >= 0.6 is 0 Å². The van der Waals surface area contributed by atoms with Gasteiger partial charge in [-0.05, 0) is 30.9 Å². The van der Waals surface area contributed by atoms with Crippen molar-refractivity contribution < 1.29 is 9.53 Å². The van der Waals surface area contributed by atoms with Crippen LogP contribution in [0.1, 0.15) is 36.9 Å². The van der Waals surface area contributed by atoms with E-state index in [1.807, 2.05) is 24.1 Å². The molecular formula is C13H18N2O2. The van der Waals surface area contributed by atoms with Gasteiger partial charge in [0.1, 0.15) is 0 Å². The number of nitrogens with zero attached hydrogens (tertiary/aromatic N) is 2. The molecule has 1 atom stereocenters. The van der Waals surface area contributed by atoms with Crippen molar-refractivity contribution in [3.8, 4) is 5.88 Å². The molecule has 2 heterocycles. The molecule has 1 amide bonds. The molecule has 1 unspecified atom stereocenters. The number of hydrogen-bond donors (Lipinski definition) is 0. The van der Waals surface area contributed by atoms with E-state index in [4.69, 9.17) is 4.74 Å². The lowest BCUT2D eigenvalue weighted by atomic mass is 10.0. The second kappa shape index (κ2) is 4.73. The predicted molar refractivity (Wildman–Crippen MR) is 64.9 cm³/mol. The van der Waals surface area contributed by atoms with Gasteiger partial charge in [0, 0.05) is 25.7 Å². The number of carbonyl (C=O) groups is 1. The fraction of sp³-hybridized carbons (Fsp3) is 0.538. The molecule has 1 aliphatic rings. The first-order valence-corrected chi connectivity index (χ1v) is 5.91. The van der Waals surface area contributed by atoms with E-state index in [1.54, 1.807) is 14.0 Å². The van der Waals surface area contributed by atoms with Gasteiger partial charge in [0.05, 0.1) is 13.2 Å². The van der Waals surface area contributed by atoms with E-state index in [2.05, 4.69) is 4.98 Å². The second-order valence-corrected chi connectivity index (χ2v) is 4.45. The van der Waals surface area contributed by atoms with Crippen molar-refractivity contribution in [1.82, 2.24) is 9.88 Å². The van der Waals surface area contributed by atoms with Crippen LogP contribution in [0.15, 0.2) is 12.3 Å². The molecule has 0 spiro atoms. The maximum absolute atomic E-state index is 11.5. The Hall–Kier alpha value is -1.58. The van der Waals surface area contributed by atoms with E-state index < -0.39 is 0 Å². The van der Waals surface area contributed by atoms with Gasteiger partial charge in [-0.25, -0.2) is 4.98 Å². The van der Waals surface area contributed by atoms with Crippen molar-refractivity contribution in [3.63, 3.8) is 0 Å². The molecule has 17 heavy (non-hydrogen) atoms. The zero-order valence-corrected chi connectivity index (χ0v) is 10.6. The molecule has 1 fully saturated rings. The molecule has 0 aliphatic carbocycles. The summed E-state index contributed by atoms with van der Waals surface area (Å²) in [6.07, 6.45) is 3.92. The summed E-state index contributed by atoms with van der Waals surface area (Å²) in [7, 11) is 1.61. The molecule has 4 heteroatoms. The number of carbonyl (C=O) groups excluding carboxylic acids is 1. The molecule has 0 N–H and O–H groups in total. The summed E-state index contributed by atoms with van der Waals surface area (Å²) in [4.78, 5) is 17.7. The van der Waals surface area contributed by atoms with E-state index in [0.29, 0.717) is 5.88 Å². The quantitative estimate of drug-likeness (QED) is 0.786. The number of likely N-dealkylation sites (tertiary alicyclic amines) is 1. The molecule has 1 saturated heterocycles. The highest BCUT2D eigenvalue weighted by atomic mass is 16.5. The lowest BCUT2D eigenvalue weighted by Gasteiger charge is -2.24. The fourth-order valence-corrected chi connectivity index (χ4v) is 2.47. The van der Waals surface area contributed by atoms with Gasteiger partial charge in [-0.2, -0.15) is 0 Å². The van der Waals surface area contributed by atoms with Crippen LogP contribution in [0, 0.1) is 6.92 Å². The predicted octanol–water partition coefficient (Wildman–Crippen LogP) is 2.08. The second-order valence-electron chi connectivity index (χ2n) is 4.45. The van der Waals surface area contributed by atoms with Gasteiger partial charge < -0.3 is 9.64 Å². The highest BCUT2D eigenvalue weighted by molar-refractivity contribution is 5.74.